The summed E-state index contributed by atoms with van der Waals surface area (Å²) in [5, 5.41) is 0. The highest BCUT2D eigenvalue weighted by Crippen LogP contribution is 2.48. The average molecular weight is 306 g/mol. The van der Waals surface area contributed by atoms with E-state index in [1.54, 1.807) is 12.5 Å². The molecule has 3 rings (SSSR count). The van der Waals surface area contributed by atoms with Crippen molar-refractivity contribution in [1.82, 2.24) is 19.4 Å². The first-order chi connectivity index (χ1) is 10.6. The molecule has 1 aromatic heterocycles. The van der Waals surface area contributed by atoms with Crippen molar-refractivity contribution in [3.63, 3.8) is 0 Å². The van der Waals surface area contributed by atoms with Gasteiger partial charge >= 0.3 is 0 Å². The molecule has 1 amide bonds. The molecule has 1 saturated carbocycles. The summed E-state index contributed by atoms with van der Waals surface area (Å²) >= 11 is 0. The molecule has 0 aromatic carbocycles. The van der Waals surface area contributed by atoms with Crippen LogP contribution in [-0.2, 0) is 16.1 Å². The molecule has 2 heterocycles. The molecule has 0 N–H and O–H groups in total. The Morgan fingerprint density at radius 3 is 2.91 bits per heavy atom. The molecule has 6 heteroatoms. The normalized spacial score (nSPS) is 24.3. The van der Waals surface area contributed by atoms with Crippen LogP contribution in [0.1, 0.15) is 12.8 Å². The molecule has 1 unspecified atom stereocenters. The van der Waals surface area contributed by atoms with Gasteiger partial charge in [0.25, 0.3) is 0 Å². The third-order valence-electron chi connectivity index (χ3n) is 4.60. The zero-order valence-corrected chi connectivity index (χ0v) is 13.6. The van der Waals surface area contributed by atoms with E-state index in [0.29, 0.717) is 25.0 Å². The lowest BCUT2D eigenvalue weighted by atomic mass is 10.0. The summed E-state index contributed by atoms with van der Waals surface area (Å²) in [7, 11) is 4.14. The Hall–Kier alpha value is -1.40. The van der Waals surface area contributed by atoms with E-state index in [2.05, 4.69) is 24.0 Å². The molecular formula is C16H26N4O2. The van der Waals surface area contributed by atoms with E-state index in [-0.39, 0.29) is 5.41 Å². The van der Waals surface area contributed by atoms with Crippen LogP contribution < -0.4 is 0 Å². The number of imidazole rings is 1. The van der Waals surface area contributed by atoms with Crippen LogP contribution in [0.5, 0.6) is 0 Å². The van der Waals surface area contributed by atoms with Gasteiger partial charge < -0.3 is 19.1 Å². The minimum absolute atomic E-state index is 0.201. The number of hydrogen-bond acceptors (Lipinski definition) is 4. The molecule has 1 saturated heterocycles. The van der Waals surface area contributed by atoms with Gasteiger partial charge in [0.2, 0.25) is 5.91 Å². The molecule has 122 valence electrons. The van der Waals surface area contributed by atoms with Gasteiger partial charge in [-0.3, -0.25) is 4.79 Å². The van der Waals surface area contributed by atoms with Gasteiger partial charge in [-0.25, -0.2) is 4.98 Å². The quantitative estimate of drug-likeness (QED) is 0.803. The maximum Gasteiger partial charge on any atom is 0.230 e. The molecule has 0 bridgehead atoms. The lowest BCUT2D eigenvalue weighted by Gasteiger charge is -2.29. The molecule has 0 radical (unpaired) electrons. The second-order valence-electron chi connectivity index (χ2n) is 6.97. The van der Waals surface area contributed by atoms with E-state index in [9.17, 15) is 4.79 Å². The Kier molecular flexibility index (Phi) is 4.49. The van der Waals surface area contributed by atoms with E-state index in [0.717, 1.165) is 39.1 Å². The molecule has 1 aliphatic carbocycles. The number of nitrogens with zero attached hydrogens (tertiary/aromatic N) is 4. The van der Waals surface area contributed by atoms with E-state index in [1.807, 2.05) is 15.7 Å². The third-order valence-corrected chi connectivity index (χ3v) is 4.60. The van der Waals surface area contributed by atoms with Gasteiger partial charge in [0.05, 0.1) is 25.0 Å². The number of carbonyl (C=O) groups is 1. The highest BCUT2D eigenvalue weighted by Gasteiger charge is 2.52. The zero-order valence-electron chi connectivity index (χ0n) is 13.6. The highest BCUT2D eigenvalue weighted by molar-refractivity contribution is 5.85. The Morgan fingerprint density at radius 1 is 1.45 bits per heavy atom. The Bertz CT molecular complexity index is 496. The lowest BCUT2D eigenvalue weighted by molar-refractivity contribution is -0.138. The van der Waals surface area contributed by atoms with Gasteiger partial charge in [-0.05, 0) is 26.9 Å². The highest BCUT2D eigenvalue weighted by atomic mass is 16.5. The lowest BCUT2D eigenvalue weighted by Crippen LogP contribution is -2.43. The number of hydrogen-bond donors (Lipinski definition) is 0. The fraction of sp³-hybridized carbons (Fsp3) is 0.750. The predicted octanol–water partition coefficient (Wildman–Crippen LogP) is 0.700. The summed E-state index contributed by atoms with van der Waals surface area (Å²) < 4.78 is 7.72. The fourth-order valence-electron chi connectivity index (χ4n) is 3.35. The molecule has 1 aromatic rings. The van der Waals surface area contributed by atoms with Gasteiger partial charge in [-0.1, -0.05) is 0 Å². The van der Waals surface area contributed by atoms with E-state index < -0.39 is 0 Å². The van der Waals surface area contributed by atoms with Crippen molar-refractivity contribution in [3.05, 3.63) is 18.7 Å². The summed E-state index contributed by atoms with van der Waals surface area (Å²) in [5.74, 6) is 0.695. The molecule has 2 fully saturated rings. The molecule has 1 atom stereocenters. The van der Waals surface area contributed by atoms with Crippen molar-refractivity contribution in [1.29, 1.82) is 0 Å². The van der Waals surface area contributed by atoms with Gasteiger partial charge in [-0.15, -0.1) is 0 Å². The van der Waals surface area contributed by atoms with Crippen LogP contribution in [0.2, 0.25) is 0 Å². The summed E-state index contributed by atoms with van der Waals surface area (Å²) in [5.41, 5.74) is -0.201. The first-order valence-electron chi connectivity index (χ1n) is 8.07. The number of ether oxygens (including phenoxy) is 1. The van der Waals surface area contributed by atoms with Crippen LogP contribution in [0.3, 0.4) is 0 Å². The summed E-state index contributed by atoms with van der Waals surface area (Å²) in [6.07, 6.45) is 7.48. The van der Waals surface area contributed by atoms with Crippen LogP contribution in [0, 0.1) is 11.3 Å². The minimum Gasteiger partial charge on any atom is -0.379 e. The molecule has 1 aliphatic heterocycles. The van der Waals surface area contributed by atoms with Crippen molar-refractivity contribution >= 4 is 5.91 Å². The zero-order chi connectivity index (χ0) is 15.6. The van der Waals surface area contributed by atoms with Crippen LogP contribution in [0.4, 0.5) is 0 Å². The van der Waals surface area contributed by atoms with Crippen LogP contribution in [0.15, 0.2) is 18.7 Å². The van der Waals surface area contributed by atoms with Crippen molar-refractivity contribution in [3.8, 4) is 0 Å². The maximum atomic E-state index is 13.0. The molecule has 0 spiro atoms. The minimum atomic E-state index is -0.201. The van der Waals surface area contributed by atoms with Crippen molar-refractivity contribution in [2.75, 3.05) is 46.9 Å². The van der Waals surface area contributed by atoms with Crippen LogP contribution in [0.25, 0.3) is 0 Å². The summed E-state index contributed by atoms with van der Waals surface area (Å²) in [4.78, 5) is 21.3. The average Bonchev–Trinajstić information content (AvgIpc) is 3.14. The number of rotatable bonds is 5. The Labute approximate surface area is 132 Å². The SMILES string of the molecule is CN(C)CC1COCCN(C(=O)C2(Cn3ccnc3)CC2)C1. The van der Waals surface area contributed by atoms with E-state index >= 15 is 0 Å². The molecule has 6 nitrogen and oxygen atoms in total. The largest absolute Gasteiger partial charge is 0.379 e. The van der Waals surface area contributed by atoms with Crippen LogP contribution >= 0.6 is 0 Å². The number of amides is 1. The number of aromatic nitrogens is 2. The van der Waals surface area contributed by atoms with E-state index in [4.69, 9.17) is 4.74 Å². The third kappa shape index (κ3) is 3.50. The van der Waals surface area contributed by atoms with E-state index in [1.165, 1.54) is 0 Å². The molecule has 2 aliphatic rings. The Balaban J connectivity index is 1.65. The second-order valence-corrected chi connectivity index (χ2v) is 6.97. The first-order valence-corrected chi connectivity index (χ1v) is 8.07. The van der Waals surface area contributed by atoms with Gasteiger partial charge in [0.1, 0.15) is 0 Å². The van der Waals surface area contributed by atoms with Gasteiger partial charge in [-0.2, -0.15) is 0 Å². The fourth-order valence-corrected chi connectivity index (χ4v) is 3.35. The van der Waals surface area contributed by atoms with Gasteiger partial charge in [0, 0.05) is 44.5 Å². The van der Waals surface area contributed by atoms with Crippen molar-refractivity contribution in [2.24, 2.45) is 11.3 Å². The Morgan fingerprint density at radius 2 is 2.27 bits per heavy atom. The van der Waals surface area contributed by atoms with Crippen molar-refractivity contribution < 1.29 is 9.53 Å². The predicted molar refractivity (Wildman–Crippen MR) is 83.3 cm³/mol. The van der Waals surface area contributed by atoms with Crippen molar-refractivity contribution in [2.45, 2.75) is 19.4 Å². The van der Waals surface area contributed by atoms with Crippen LogP contribution in [-0.4, -0.2) is 72.2 Å². The number of carbonyl (C=O) groups excluding carboxylic acids is 1. The molecule has 22 heavy (non-hydrogen) atoms. The standard InChI is InChI=1S/C16H26N4O2/c1-18(2)9-14-10-20(7-8-22-11-14)15(21)16(3-4-16)12-19-6-5-17-13-19/h5-6,13-14H,3-4,7-12H2,1-2H3. The maximum absolute atomic E-state index is 13.0. The summed E-state index contributed by atoms with van der Waals surface area (Å²) in [6, 6.07) is 0. The molecular weight excluding hydrogens is 280 g/mol. The monoisotopic (exact) mass is 306 g/mol. The second kappa shape index (κ2) is 6.38. The van der Waals surface area contributed by atoms with Gasteiger partial charge in [0.15, 0.2) is 0 Å². The smallest absolute Gasteiger partial charge is 0.230 e. The summed E-state index contributed by atoms with van der Waals surface area (Å²) in [6.45, 7) is 4.63. The first kappa shape index (κ1) is 15.5. The topological polar surface area (TPSA) is 50.6 Å².